The normalized spacial score (nSPS) is 18.1. The Balaban J connectivity index is 1.43. The van der Waals surface area contributed by atoms with E-state index >= 15 is 0 Å². The molecule has 0 N–H and O–H groups in total. The Morgan fingerprint density at radius 1 is 1.00 bits per heavy atom. The van der Waals surface area contributed by atoms with Crippen LogP contribution in [0.1, 0.15) is 12.5 Å². The molecule has 2 heterocycles. The molecule has 10 nitrogen and oxygen atoms in total. The maximum Gasteiger partial charge on any atom is 0.293 e. The Morgan fingerprint density at radius 2 is 1.68 bits per heavy atom. The summed E-state index contributed by atoms with van der Waals surface area (Å²) in [6, 6.07) is 12.3. The molecule has 0 unspecified atom stereocenters. The van der Waals surface area contributed by atoms with E-state index in [1.165, 1.54) is 22.0 Å². The van der Waals surface area contributed by atoms with Gasteiger partial charge in [-0.2, -0.15) is 4.31 Å². The van der Waals surface area contributed by atoms with Crippen LogP contribution in [0.25, 0.3) is 0 Å². The highest BCUT2D eigenvalue weighted by atomic mass is 32.2. The van der Waals surface area contributed by atoms with Crippen molar-refractivity contribution in [1.29, 1.82) is 0 Å². The zero-order chi connectivity index (χ0) is 24.1. The number of morpholine rings is 1. The van der Waals surface area contributed by atoms with Crippen LogP contribution >= 0.6 is 0 Å². The largest absolute Gasteiger partial charge is 0.494 e. The fourth-order valence-corrected chi connectivity index (χ4v) is 5.70. The molecule has 0 bridgehead atoms. The zero-order valence-electron chi connectivity index (χ0n) is 19.3. The predicted octanol–water partition coefficient (Wildman–Crippen LogP) is 2.34. The van der Waals surface area contributed by atoms with Crippen molar-refractivity contribution in [3.63, 3.8) is 0 Å². The molecule has 0 aromatic heterocycles. The number of piperazine rings is 1. The number of nitro benzene ring substituents is 1. The Labute approximate surface area is 199 Å². The summed E-state index contributed by atoms with van der Waals surface area (Å²) < 4.78 is 37.9. The van der Waals surface area contributed by atoms with Gasteiger partial charge in [-0.3, -0.25) is 15.0 Å². The summed E-state index contributed by atoms with van der Waals surface area (Å²) in [5.74, 6) is 0.850. The number of benzene rings is 2. The maximum absolute atomic E-state index is 12.9. The zero-order valence-corrected chi connectivity index (χ0v) is 20.1. The van der Waals surface area contributed by atoms with Crippen LogP contribution in [0.2, 0.25) is 0 Å². The van der Waals surface area contributed by atoms with Gasteiger partial charge in [-0.05, 0) is 36.8 Å². The molecule has 184 valence electrons. The molecule has 0 amide bonds. The first kappa shape index (κ1) is 24.4. The Morgan fingerprint density at radius 3 is 2.29 bits per heavy atom. The Hall–Kier alpha value is -2.73. The van der Waals surface area contributed by atoms with Gasteiger partial charge in [0.25, 0.3) is 5.69 Å². The number of nitrogens with zero attached hydrogens (tertiary/aromatic N) is 4. The van der Waals surface area contributed by atoms with E-state index in [9.17, 15) is 18.5 Å². The molecule has 0 saturated carbocycles. The highest BCUT2D eigenvalue weighted by Gasteiger charge is 2.30. The lowest BCUT2D eigenvalue weighted by atomic mass is 10.1. The van der Waals surface area contributed by atoms with Crippen molar-refractivity contribution in [2.45, 2.75) is 18.4 Å². The van der Waals surface area contributed by atoms with E-state index in [0.29, 0.717) is 38.6 Å². The van der Waals surface area contributed by atoms with Crippen LogP contribution in [0.5, 0.6) is 5.75 Å². The summed E-state index contributed by atoms with van der Waals surface area (Å²) in [5.41, 5.74) is 1.45. The minimum Gasteiger partial charge on any atom is -0.494 e. The molecule has 4 rings (SSSR count). The first-order valence-electron chi connectivity index (χ1n) is 11.4. The fourth-order valence-electron chi connectivity index (χ4n) is 4.28. The summed E-state index contributed by atoms with van der Waals surface area (Å²) in [5, 5.41) is 11.8. The molecule has 2 saturated heterocycles. The monoisotopic (exact) mass is 490 g/mol. The first-order valence-corrected chi connectivity index (χ1v) is 12.9. The number of rotatable bonds is 8. The van der Waals surface area contributed by atoms with Crippen LogP contribution in [-0.2, 0) is 21.3 Å². The van der Waals surface area contributed by atoms with E-state index in [0.717, 1.165) is 25.4 Å². The maximum atomic E-state index is 12.9. The lowest BCUT2D eigenvalue weighted by Crippen LogP contribution is -2.46. The summed E-state index contributed by atoms with van der Waals surface area (Å²) >= 11 is 0. The van der Waals surface area contributed by atoms with Crippen LogP contribution in [0.4, 0.5) is 11.4 Å². The molecule has 0 aliphatic carbocycles. The number of sulfonamides is 1. The molecule has 2 aromatic rings. The highest BCUT2D eigenvalue weighted by molar-refractivity contribution is 7.89. The van der Waals surface area contributed by atoms with Crippen LogP contribution in [0.3, 0.4) is 0 Å². The summed E-state index contributed by atoms with van der Waals surface area (Å²) in [4.78, 5) is 15.5. The van der Waals surface area contributed by atoms with Crippen molar-refractivity contribution in [3.05, 3.63) is 58.1 Å². The molecule has 2 aromatic carbocycles. The Bertz CT molecular complexity index is 1090. The molecular formula is C23H30N4O6S. The second-order valence-corrected chi connectivity index (χ2v) is 10.2. The smallest absolute Gasteiger partial charge is 0.293 e. The predicted molar refractivity (Wildman–Crippen MR) is 128 cm³/mol. The van der Waals surface area contributed by atoms with Gasteiger partial charge in [0.1, 0.15) is 11.4 Å². The average Bonchev–Trinajstić information content (AvgIpc) is 2.86. The van der Waals surface area contributed by atoms with Gasteiger partial charge >= 0.3 is 0 Å². The summed E-state index contributed by atoms with van der Waals surface area (Å²) in [6.45, 7) is 7.24. The molecule has 2 fully saturated rings. The molecule has 2 aliphatic heterocycles. The molecule has 11 heteroatoms. The number of hydrogen-bond acceptors (Lipinski definition) is 8. The van der Waals surface area contributed by atoms with Crippen molar-refractivity contribution in [2.75, 3.05) is 64.0 Å². The summed E-state index contributed by atoms with van der Waals surface area (Å²) in [7, 11) is -3.80. The minimum atomic E-state index is -3.80. The van der Waals surface area contributed by atoms with E-state index in [1.807, 2.05) is 24.0 Å². The number of anilines is 1. The van der Waals surface area contributed by atoms with Crippen molar-refractivity contribution in [1.82, 2.24) is 9.21 Å². The second kappa shape index (κ2) is 10.7. The van der Waals surface area contributed by atoms with Gasteiger partial charge in [-0.1, -0.05) is 12.1 Å². The van der Waals surface area contributed by atoms with Crippen LogP contribution in [-0.4, -0.2) is 81.6 Å². The molecule has 2 aliphatic rings. The van der Waals surface area contributed by atoms with Gasteiger partial charge in [-0.15, -0.1) is 0 Å². The average molecular weight is 491 g/mol. The number of ether oxygens (including phenoxy) is 2. The second-order valence-electron chi connectivity index (χ2n) is 8.26. The van der Waals surface area contributed by atoms with Gasteiger partial charge in [0, 0.05) is 51.9 Å². The van der Waals surface area contributed by atoms with Crippen LogP contribution in [0.15, 0.2) is 47.4 Å². The SMILES string of the molecule is CCOc1ccc(CN2CCN(c3ccc(S(=O)(=O)N4CCOCC4)cc3[N+](=O)[O-])CC2)cc1. The van der Waals surface area contributed by atoms with Crippen LogP contribution in [0, 0.1) is 10.1 Å². The standard InChI is InChI=1S/C23H30N4O6S/c1-2-33-20-5-3-19(4-6-20)18-24-9-11-25(12-10-24)22-8-7-21(17-23(22)27(28)29)34(30,31)26-13-15-32-16-14-26/h3-8,17H,2,9-16,18H2,1H3. The quantitative estimate of drug-likeness (QED) is 0.410. The lowest BCUT2D eigenvalue weighted by molar-refractivity contribution is -0.384. The van der Waals surface area contributed by atoms with Gasteiger partial charge in [0.2, 0.25) is 10.0 Å². The van der Waals surface area contributed by atoms with Crippen molar-refractivity contribution < 1.29 is 22.8 Å². The van der Waals surface area contributed by atoms with Crippen LogP contribution < -0.4 is 9.64 Å². The van der Waals surface area contributed by atoms with E-state index in [-0.39, 0.29) is 23.7 Å². The third-order valence-corrected chi connectivity index (χ3v) is 8.00. The van der Waals surface area contributed by atoms with E-state index in [1.54, 1.807) is 6.07 Å². The van der Waals surface area contributed by atoms with Gasteiger partial charge in [0.05, 0.1) is 29.6 Å². The van der Waals surface area contributed by atoms with Gasteiger partial charge in [-0.25, -0.2) is 8.42 Å². The third-order valence-electron chi connectivity index (χ3n) is 6.10. The minimum absolute atomic E-state index is 0.0565. The summed E-state index contributed by atoms with van der Waals surface area (Å²) in [6.07, 6.45) is 0. The molecular weight excluding hydrogens is 460 g/mol. The highest BCUT2D eigenvalue weighted by Crippen LogP contribution is 2.33. The molecule has 0 atom stereocenters. The number of hydrogen-bond donors (Lipinski definition) is 0. The lowest BCUT2D eigenvalue weighted by Gasteiger charge is -2.36. The van der Waals surface area contributed by atoms with E-state index < -0.39 is 14.9 Å². The van der Waals surface area contributed by atoms with Gasteiger partial charge < -0.3 is 14.4 Å². The van der Waals surface area contributed by atoms with E-state index in [2.05, 4.69) is 17.0 Å². The molecule has 0 radical (unpaired) electrons. The van der Waals surface area contributed by atoms with Crippen molar-refractivity contribution in [3.8, 4) is 5.75 Å². The number of nitro groups is 1. The van der Waals surface area contributed by atoms with Crippen molar-refractivity contribution in [2.24, 2.45) is 0 Å². The third kappa shape index (κ3) is 5.49. The van der Waals surface area contributed by atoms with Gasteiger partial charge in [0.15, 0.2) is 0 Å². The first-order chi connectivity index (χ1) is 16.4. The van der Waals surface area contributed by atoms with E-state index in [4.69, 9.17) is 9.47 Å². The Kier molecular flexibility index (Phi) is 7.67. The fraction of sp³-hybridized carbons (Fsp3) is 0.478. The molecule has 0 spiro atoms. The topological polar surface area (TPSA) is 105 Å². The van der Waals surface area contributed by atoms with Crippen molar-refractivity contribution >= 4 is 21.4 Å². The molecule has 34 heavy (non-hydrogen) atoms.